The number of aliphatic hydroxyl groups is 1. The van der Waals surface area contributed by atoms with E-state index in [1.54, 1.807) is 18.2 Å². The van der Waals surface area contributed by atoms with Crippen molar-refractivity contribution in [1.82, 2.24) is 4.57 Å². The number of hydrogen-bond acceptors (Lipinski definition) is 4. The van der Waals surface area contributed by atoms with Crippen LogP contribution in [0.5, 0.6) is 0 Å². The van der Waals surface area contributed by atoms with Crippen LogP contribution in [-0.4, -0.2) is 29.3 Å². The minimum absolute atomic E-state index is 0.103. The summed E-state index contributed by atoms with van der Waals surface area (Å²) in [4.78, 5) is -0.145. The first-order valence-electron chi connectivity index (χ1n) is 9.57. The molecule has 30 heavy (non-hydrogen) atoms. The van der Waals surface area contributed by atoms with E-state index in [0.717, 1.165) is 22.6 Å². The molecule has 2 N–H and O–H groups in total. The minimum Gasteiger partial charge on any atom is -0.396 e. The van der Waals surface area contributed by atoms with Crippen LogP contribution in [0.3, 0.4) is 0 Å². The maximum absolute atomic E-state index is 12.1. The fourth-order valence-corrected chi connectivity index (χ4v) is 4.46. The number of aromatic nitrogens is 1. The smallest absolute Gasteiger partial charge is 0.294 e. The van der Waals surface area contributed by atoms with Crippen molar-refractivity contribution >= 4 is 10.1 Å². The molecule has 156 valence electrons. The number of nitriles is 1. The molecule has 6 nitrogen and oxygen atoms in total. The van der Waals surface area contributed by atoms with Crippen LogP contribution in [-0.2, 0) is 16.5 Å². The van der Waals surface area contributed by atoms with Gasteiger partial charge in [0.1, 0.15) is 0 Å². The average molecular weight is 425 g/mol. The molecule has 3 rings (SSSR count). The molecule has 1 aromatic heterocycles. The molecule has 0 aliphatic carbocycles. The molecule has 7 heteroatoms. The van der Waals surface area contributed by atoms with Crippen LogP contribution in [0.1, 0.15) is 29.3 Å². The summed E-state index contributed by atoms with van der Waals surface area (Å²) in [5.41, 5.74) is 5.15. The summed E-state index contributed by atoms with van der Waals surface area (Å²) in [5, 5.41) is 18.6. The summed E-state index contributed by atoms with van der Waals surface area (Å²) in [6.45, 7) is 5.56. The van der Waals surface area contributed by atoms with Crippen molar-refractivity contribution in [3.8, 4) is 23.0 Å². The Morgan fingerprint density at radius 2 is 1.73 bits per heavy atom. The topological polar surface area (TPSA) is 103 Å². The van der Waals surface area contributed by atoms with Gasteiger partial charge in [-0.15, -0.1) is 0 Å². The van der Waals surface area contributed by atoms with Crippen LogP contribution < -0.4 is 0 Å². The molecule has 1 atom stereocenters. The second-order valence-corrected chi connectivity index (χ2v) is 8.95. The van der Waals surface area contributed by atoms with Crippen LogP contribution in [0.2, 0.25) is 0 Å². The quantitative estimate of drug-likeness (QED) is 0.581. The molecule has 2 aromatic carbocycles. The molecular formula is C23H24N2O4S. The lowest BCUT2D eigenvalue weighted by Crippen LogP contribution is -2.13. The van der Waals surface area contributed by atoms with Gasteiger partial charge in [-0.3, -0.25) is 4.55 Å². The highest BCUT2D eigenvalue weighted by molar-refractivity contribution is 7.85. The number of rotatable bonds is 6. The van der Waals surface area contributed by atoms with Crippen molar-refractivity contribution in [1.29, 1.82) is 5.26 Å². The second-order valence-electron chi connectivity index (χ2n) is 7.56. The van der Waals surface area contributed by atoms with Crippen LogP contribution in [0.25, 0.3) is 16.9 Å². The third-order valence-electron chi connectivity index (χ3n) is 5.21. The highest BCUT2D eigenvalue weighted by atomic mass is 32.2. The summed E-state index contributed by atoms with van der Waals surface area (Å²) in [6.07, 6.45) is 0.292. The van der Waals surface area contributed by atoms with E-state index in [4.69, 9.17) is 5.26 Å². The summed E-state index contributed by atoms with van der Waals surface area (Å²) in [5.74, 6) is -0.189. The van der Waals surface area contributed by atoms with Gasteiger partial charge in [0.2, 0.25) is 0 Å². The normalized spacial score (nSPS) is 12.5. The van der Waals surface area contributed by atoms with E-state index in [1.807, 2.05) is 49.6 Å². The molecule has 1 heterocycles. The van der Waals surface area contributed by atoms with Gasteiger partial charge in [0.15, 0.2) is 0 Å². The SMILES string of the molecule is Cc1ccc(S(=O)(=O)O)c(CC(C)CO)c1-c1ccc(C)n1-c1ccc(C#N)cc1. The lowest BCUT2D eigenvalue weighted by molar-refractivity contribution is 0.236. The van der Waals surface area contributed by atoms with Gasteiger partial charge in [0.05, 0.1) is 22.2 Å². The van der Waals surface area contributed by atoms with Crippen molar-refractivity contribution in [3.63, 3.8) is 0 Å². The van der Waals surface area contributed by atoms with E-state index in [1.165, 1.54) is 6.07 Å². The van der Waals surface area contributed by atoms with Crippen molar-refractivity contribution in [2.24, 2.45) is 5.92 Å². The Balaban J connectivity index is 2.32. The van der Waals surface area contributed by atoms with Gasteiger partial charge in [-0.1, -0.05) is 13.0 Å². The zero-order valence-electron chi connectivity index (χ0n) is 17.1. The zero-order chi connectivity index (χ0) is 22.1. The number of hydrogen-bond donors (Lipinski definition) is 2. The molecule has 0 saturated heterocycles. The van der Waals surface area contributed by atoms with Crippen molar-refractivity contribution in [3.05, 3.63) is 70.9 Å². The summed E-state index contributed by atoms with van der Waals surface area (Å²) in [7, 11) is -4.44. The first-order valence-corrected chi connectivity index (χ1v) is 11.0. The van der Waals surface area contributed by atoms with Gasteiger partial charge in [0.25, 0.3) is 10.1 Å². The molecular weight excluding hydrogens is 400 g/mol. The highest BCUT2D eigenvalue weighted by Gasteiger charge is 2.24. The molecule has 0 radical (unpaired) electrons. The summed E-state index contributed by atoms with van der Waals surface area (Å²) < 4.78 is 36.0. The fourth-order valence-electron chi connectivity index (χ4n) is 3.72. The molecule has 0 saturated carbocycles. The third-order valence-corrected chi connectivity index (χ3v) is 6.15. The molecule has 0 bridgehead atoms. The van der Waals surface area contributed by atoms with E-state index in [9.17, 15) is 18.1 Å². The van der Waals surface area contributed by atoms with E-state index in [-0.39, 0.29) is 17.4 Å². The minimum atomic E-state index is -4.44. The first-order chi connectivity index (χ1) is 14.2. The summed E-state index contributed by atoms with van der Waals surface area (Å²) in [6, 6.07) is 16.2. The van der Waals surface area contributed by atoms with Crippen molar-refractivity contribution in [2.75, 3.05) is 6.61 Å². The van der Waals surface area contributed by atoms with Crippen LogP contribution in [0, 0.1) is 31.1 Å². The maximum Gasteiger partial charge on any atom is 0.294 e. The Bertz CT molecular complexity index is 1220. The molecule has 0 amide bonds. The van der Waals surface area contributed by atoms with Gasteiger partial charge in [-0.2, -0.15) is 13.7 Å². The van der Waals surface area contributed by atoms with E-state index in [2.05, 4.69) is 6.07 Å². The van der Waals surface area contributed by atoms with E-state index in [0.29, 0.717) is 23.1 Å². The van der Waals surface area contributed by atoms with Gasteiger partial charge in [0, 0.05) is 23.6 Å². The average Bonchev–Trinajstić information content (AvgIpc) is 3.08. The monoisotopic (exact) mass is 424 g/mol. The van der Waals surface area contributed by atoms with Gasteiger partial charge < -0.3 is 9.67 Å². The van der Waals surface area contributed by atoms with Crippen molar-refractivity contribution in [2.45, 2.75) is 32.1 Å². The van der Waals surface area contributed by atoms with Crippen LogP contribution in [0.4, 0.5) is 0 Å². The van der Waals surface area contributed by atoms with E-state index < -0.39 is 10.1 Å². The third kappa shape index (κ3) is 4.17. The van der Waals surface area contributed by atoms with Gasteiger partial charge >= 0.3 is 0 Å². The zero-order valence-corrected chi connectivity index (χ0v) is 17.9. The number of aryl methyl sites for hydroxylation is 2. The molecule has 3 aromatic rings. The largest absolute Gasteiger partial charge is 0.396 e. The van der Waals surface area contributed by atoms with Crippen LogP contribution in [0.15, 0.2) is 53.4 Å². The highest BCUT2D eigenvalue weighted by Crippen LogP contribution is 2.36. The van der Waals surface area contributed by atoms with E-state index >= 15 is 0 Å². The summed E-state index contributed by atoms with van der Waals surface area (Å²) >= 11 is 0. The van der Waals surface area contributed by atoms with Gasteiger partial charge in [-0.25, -0.2) is 0 Å². The number of nitrogens with zero attached hydrogens (tertiary/aromatic N) is 2. The standard InChI is InChI=1S/C23H24N2O4S/c1-15(14-26)12-20-22(30(27,28)29)11-4-16(2)23(20)21-10-5-17(3)25(21)19-8-6-18(13-24)7-9-19/h4-11,15,26H,12,14H2,1-3H3,(H,27,28,29). The first kappa shape index (κ1) is 21.8. The number of aliphatic hydroxyl groups excluding tert-OH is 1. The maximum atomic E-state index is 12.1. The van der Waals surface area contributed by atoms with Gasteiger partial charge in [-0.05, 0) is 79.8 Å². The van der Waals surface area contributed by atoms with Crippen LogP contribution >= 0.6 is 0 Å². The fraction of sp³-hybridized carbons (Fsp3) is 0.261. The number of benzene rings is 2. The Kier molecular flexibility index (Phi) is 6.13. The predicted octanol–water partition coefficient (Wildman–Crippen LogP) is 4.05. The Hall–Kier alpha value is -2.92. The molecule has 1 unspecified atom stereocenters. The lowest BCUT2D eigenvalue weighted by Gasteiger charge is -2.21. The second kappa shape index (κ2) is 8.44. The Labute approximate surface area is 176 Å². The molecule has 0 fully saturated rings. The molecule has 0 spiro atoms. The lowest BCUT2D eigenvalue weighted by atomic mass is 9.92. The van der Waals surface area contributed by atoms with Crippen molar-refractivity contribution < 1.29 is 18.1 Å². The molecule has 0 aliphatic heterocycles. The predicted molar refractivity (Wildman–Crippen MR) is 115 cm³/mol. The molecule has 0 aliphatic rings. The Morgan fingerprint density at radius 3 is 2.30 bits per heavy atom. The Morgan fingerprint density at radius 1 is 1.07 bits per heavy atom.